The molecule has 0 saturated heterocycles. The van der Waals surface area contributed by atoms with Crippen LogP contribution >= 0.6 is 0 Å². The summed E-state index contributed by atoms with van der Waals surface area (Å²) in [6.07, 6.45) is 0.952. The van der Waals surface area contributed by atoms with Gasteiger partial charge in [-0.25, -0.2) is 4.98 Å². The fraction of sp³-hybridized carbons (Fsp3) is 0.429. The van der Waals surface area contributed by atoms with E-state index in [1.54, 1.807) is 13.0 Å². The largest absolute Gasteiger partial charge is 0.504 e. The second kappa shape index (κ2) is 6.38. The maximum Gasteiger partial charge on any atom is 0.258 e. The number of H-pyrrole nitrogens is 1. The quantitative estimate of drug-likeness (QED) is 0.786. The number of fused-ring (bicyclic) bond motifs is 1. The van der Waals surface area contributed by atoms with Crippen molar-refractivity contribution in [3.8, 4) is 11.5 Å². The Hall–Kier alpha value is -2.08. The van der Waals surface area contributed by atoms with Crippen LogP contribution in [0, 0.1) is 6.92 Å². The molecule has 0 bridgehead atoms. The summed E-state index contributed by atoms with van der Waals surface area (Å²) in [5, 5.41) is 10.2. The number of aromatic hydroxyl groups is 1. The molecule has 108 valence electrons. The van der Waals surface area contributed by atoms with Gasteiger partial charge in [0, 0.05) is 12.7 Å². The monoisotopic (exact) mass is 278 g/mol. The second-order valence-electron chi connectivity index (χ2n) is 4.45. The first-order valence-corrected chi connectivity index (χ1v) is 6.56. The van der Waals surface area contributed by atoms with Crippen LogP contribution in [0.4, 0.5) is 0 Å². The van der Waals surface area contributed by atoms with E-state index in [1.165, 1.54) is 6.07 Å². The lowest BCUT2D eigenvalue weighted by Crippen LogP contribution is -2.10. The van der Waals surface area contributed by atoms with E-state index in [0.29, 0.717) is 42.3 Å². The van der Waals surface area contributed by atoms with Gasteiger partial charge >= 0.3 is 0 Å². The van der Waals surface area contributed by atoms with Crippen LogP contribution < -0.4 is 10.3 Å². The summed E-state index contributed by atoms with van der Waals surface area (Å²) in [7, 11) is 0. The molecule has 0 radical (unpaired) electrons. The number of aromatic nitrogens is 2. The lowest BCUT2D eigenvalue weighted by molar-refractivity contribution is 0.0996. The lowest BCUT2D eigenvalue weighted by Gasteiger charge is -2.09. The van der Waals surface area contributed by atoms with E-state index in [1.807, 2.05) is 6.92 Å². The molecule has 1 aromatic heterocycles. The summed E-state index contributed by atoms with van der Waals surface area (Å²) in [6, 6.07) is 2.93. The van der Waals surface area contributed by atoms with Crippen LogP contribution in [0.5, 0.6) is 11.5 Å². The highest BCUT2D eigenvalue weighted by Gasteiger charge is 2.09. The Morgan fingerprint density at radius 3 is 2.85 bits per heavy atom. The predicted molar refractivity (Wildman–Crippen MR) is 75.4 cm³/mol. The highest BCUT2D eigenvalue weighted by molar-refractivity contribution is 5.81. The Bertz CT molecular complexity index is 651. The van der Waals surface area contributed by atoms with Crippen LogP contribution in [0.15, 0.2) is 16.9 Å². The van der Waals surface area contributed by atoms with Crippen LogP contribution in [0.2, 0.25) is 0 Å². The van der Waals surface area contributed by atoms with Gasteiger partial charge < -0.3 is 19.6 Å². The molecule has 0 aliphatic rings. The van der Waals surface area contributed by atoms with Crippen molar-refractivity contribution in [2.45, 2.75) is 20.3 Å². The van der Waals surface area contributed by atoms with Crippen LogP contribution in [-0.4, -0.2) is 34.9 Å². The number of benzene rings is 1. The van der Waals surface area contributed by atoms with Crippen molar-refractivity contribution in [2.75, 3.05) is 19.8 Å². The van der Waals surface area contributed by atoms with E-state index in [-0.39, 0.29) is 11.3 Å². The van der Waals surface area contributed by atoms with Crippen molar-refractivity contribution in [2.24, 2.45) is 0 Å². The molecule has 0 atom stereocenters. The minimum absolute atomic E-state index is 0.0795. The molecule has 0 aliphatic heterocycles. The Labute approximate surface area is 116 Å². The van der Waals surface area contributed by atoms with E-state index in [2.05, 4.69) is 9.97 Å². The topological polar surface area (TPSA) is 84.4 Å². The number of aryl methyl sites for hydroxylation is 1. The SMILES string of the molecule is CCCOCCOc1cc2nc(C)[nH]c(=O)c2cc1O. The zero-order valence-electron chi connectivity index (χ0n) is 11.6. The molecule has 0 fully saturated rings. The number of ether oxygens (including phenoxy) is 2. The van der Waals surface area contributed by atoms with Crippen LogP contribution in [0.3, 0.4) is 0 Å². The highest BCUT2D eigenvalue weighted by atomic mass is 16.5. The Morgan fingerprint density at radius 1 is 1.30 bits per heavy atom. The number of nitrogens with one attached hydrogen (secondary N) is 1. The third kappa shape index (κ3) is 3.27. The molecule has 0 aliphatic carbocycles. The average Bonchev–Trinajstić information content (AvgIpc) is 2.40. The molecule has 6 nitrogen and oxygen atoms in total. The summed E-state index contributed by atoms with van der Waals surface area (Å²) in [5.74, 6) is 0.740. The summed E-state index contributed by atoms with van der Waals surface area (Å²) in [5.41, 5.74) is 0.217. The second-order valence-corrected chi connectivity index (χ2v) is 4.45. The van der Waals surface area contributed by atoms with Crippen molar-refractivity contribution >= 4 is 10.9 Å². The maximum atomic E-state index is 11.7. The zero-order chi connectivity index (χ0) is 14.5. The third-order valence-electron chi connectivity index (χ3n) is 2.74. The van der Waals surface area contributed by atoms with Crippen LogP contribution in [0.25, 0.3) is 10.9 Å². The smallest absolute Gasteiger partial charge is 0.258 e. The molecule has 20 heavy (non-hydrogen) atoms. The number of rotatable bonds is 6. The summed E-state index contributed by atoms with van der Waals surface area (Å²) in [4.78, 5) is 18.5. The van der Waals surface area contributed by atoms with Crippen molar-refractivity contribution in [1.29, 1.82) is 0 Å². The highest BCUT2D eigenvalue weighted by Crippen LogP contribution is 2.29. The van der Waals surface area contributed by atoms with Gasteiger partial charge in [-0.15, -0.1) is 0 Å². The fourth-order valence-electron chi connectivity index (χ4n) is 1.84. The van der Waals surface area contributed by atoms with Gasteiger partial charge in [0.05, 0.1) is 17.5 Å². The number of phenols is 1. The number of hydrogen-bond donors (Lipinski definition) is 2. The average molecular weight is 278 g/mol. The van der Waals surface area contributed by atoms with Gasteiger partial charge in [-0.05, 0) is 19.4 Å². The molecule has 2 aromatic rings. The van der Waals surface area contributed by atoms with Gasteiger partial charge in [0.15, 0.2) is 11.5 Å². The standard InChI is InChI=1S/C14H18N2O4/c1-3-4-19-5-6-20-13-8-11-10(7-12(13)17)14(18)16-9(2)15-11/h7-8,17H,3-6H2,1-2H3,(H,15,16,18). The zero-order valence-corrected chi connectivity index (χ0v) is 11.6. The molecule has 2 N–H and O–H groups in total. The molecule has 1 aromatic carbocycles. The van der Waals surface area contributed by atoms with Crippen molar-refractivity contribution in [3.63, 3.8) is 0 Å². The van der Waals surface area contributed by atoms with Gasteiger partial charge in [-0.1, -0.05) is 6.92 Å². The van der Waals surface area contributed by atoms with Gasteiger partial charge in [-0.3, -0.25) is 4.79 Å². The Morgan fingerprint density at radius 2 is 2.10 bits per heavy atom. The summed E-state index contributed by atoms with van der Waals surface area (Å²) in [6.45, 7) is 5.20. The van der Waals surface area contributed by atoms with Gasteiger partial charge in [0.25, 0.3) is 5.56 Å². The van der Waals surface area contributed by atoms with E-state index in [4.69, 9.17) is 9.47 Å². The fourth-order valence-corrected chi connectivity index (χ4v) is 1.84. The minimum Gasteiger partial charge on any atom is -0.504 e. The molecule has 0 amide bonds. The normalized spacial score (nSPS) is 10.9. The Kier molecular flexibility index (Phi) is 4.57. The van der Waals surface area contributed by atoms with Gasteiger partial charge in [0.1, 0.15) is 12.4 Å². The van der Waals surface area contributed by atoms with Crippen molar-refractivity contribution in [1.82, 2.24) is 9.97 Å². The van der Waals surface area contributed by atoms with Crippen molar-refractivity contribution < 1.29 is 14.6 Å². The maximum absolute atomic E-state index is 11.7. The molecule has 0 unspecified atom stereocenters. The molecular weight excluding hydrogens is 260 g/mol. The molecule has 0 spiro atoms. The first-order chi connectivity index (χ1) is 9.61. The number of aromatic amines is 1. The van der Waals surface area contributed by atoms with Gasteiger partial charge in [0.2, 0.25) is 0 Å². The van der Waals surface area contributed by atoms with Crippen molar-refractivity contribution in [3.05, 3.63) is 28.3 Å². The number of hydrogen-bond acceptors (Lipinski definition) is 5. The minimum atomic E-state index is -0.277. The van der Waals surface area contributed by atoms with E-state index >= 15 is 0 Å². The number of nitrogens with zero attached hydrogens (tertiary/aromatic N) is 1. The van der Waals surface area contributed by atoms with E-state index < -0.39 is 0 Å². The van der Waals surface area contributed by atoms with Crippen LogP contribution in [0.1, 0.15) is 19.2 Å². The van der Waals surface area contributed by atoms with Gasteiger partial charge in [-0.2, -0.15) is 0 Å². The lowest BCUT2D eigenvalue weighted by atomic mass is 10.2. The molecule has 0 saturated carbocycles. The third-order valence-corrected chi connectivity index (χ3v) is 2.74. The summed E-state index contributed by atoms with van der Waals surface area (Å²) < 4.78 is 10.7. The Balaban J connectivity index is 2.18. The predicted octanol–water partition coefficient (Wildman–Crippen LogP) is 1.74. The first-order valence-electron chi connectivity index (χ1n) is 6.56. The number of phenolic OH excluding ortho intramolecular Hbond substituents is 1. The molecule has 1 heterocycles. The van der Waals surface area contributed by atoms with Crippen LogP contribution in [-0.2, 0) is 4.74 Å². The summed E-state index contributed by atoms with van der Waals surface area (Å²) >= 11 is 0. The molecule has 2 rings (SSSR count). The molecular formula is C14H18N2O4. The van der Waals surface area contributed by atoms with E-state index in [0.717, 1.165) is 6.42 Å². The first kappa shape index (κ1) is 14.3. The molecule has 6 heteroatoms. The van der Waals surface area contributed by atoms with E-state index in [9.17, 15) is 9.90 Å².